The van der Waals surface area contributed by atoms with Gasteiger partial charge in [0.1, 0.15) is 0 Å². The highest BCUT2D eigenvalue weighted by Gasteiger charge is 2.19. The number of carbonyl (C=O) groups excluding carboxylic acids is 1. The number of aromatic nitrogens is 1. The summed E-state index contributed by atoms with van der Waals surface area (Å²) in [6.07, 6.45) is 1.48. The van der Waals surface area contributed by atoms with Gasteiger partial charge in [-0.25, -0.2) is 4.79 Å². The maximum Gasteiger partial charge on any atom is 0.315 e. The molecule has 126 valence electrons. The molecule has 0 radical (unpaired) electrons. The third-order valence-electron chi connectivity index (χ3n) is 3.68. The first-order chi connectivity index (χ1) is 10.9. The summed E-state index contributed by atoms with van der Waals surface area (Å²) in [6, 6.07) is 9.76. The molecule has 5 heteroatoms. The zero-order chi connectivity index (χ0) is 16.9. The van der Waals surface area contributed by atoms with Gasteiger partial charge in [0, 0.05) is 24.2 Å². The van der Waals surface area contributed by atoms with E-state index in [2.05, 4.69) is 48.5 Å². The van der Waals surface area contributed by atoms with Crippen molar-refractivity contribution in [3.63, 3.8) is 0 Å². The number of fused-ring (bicyclic) bond motifs is 1. The summed E-state index contributed by atoms with van der Waals surface area (Å²) in [5, 5.41) is 16.2. The Morgan fingerprint density at radius 3 is 2.70 bits per heavy atom. The van der Waals surface area contributed by atoms with E-state index in [1.807, 2.05) is 18.2 Å². The molecular weight excluding hydrogens is 290 g/mol. The van der Waals surface area contributed by atoms with Gasteiger partial charge in [-0.1, -0.05) is 39.0 Å². The molecule has 4 N–H and O–H groups in total. The SMILES string of the molecule is CC(C)(C)CC(CO)NC(=O)NCCc1cc2ccccc2[nH]1. The number of amides is 2. The molecule has 1 aromatic carbocycles. The second-order valence-corrected chi connectivity index (χ2v) is 7.18. The number of aromatic amines is 1. The smallest absolute Gasteiger partial charge is 0.315 e. The van der Waals surface area contributed by atoms with Crippen molar-refractivity contribution in [2.45, 2.75) is 39.7 Å². The Bertz CT molecular complexity index is 610. The van der Waals surface area contributed by atoms with E-state index in [0.717, 1.165) is 24.1 Å². The molecule has 2 amide bonds. The Labute approximate surface area is 137 Å². The molecular formula is C18H27N3O2. The molecule has 0 spiro atoms. The molecule has 0 fully saturated rings. The number of hydrogen-bond donors (Lipinski definition) is 4. The highest BCUT2D eigenvalue weighted by Crippen LogP contribution is 2.20. The first-order valence-corrected chi connectivity index (χ1v) is 8.09. The van der Waals surface area contributed by atoms with Crippen LogP contribution in [0.2, 0.25) is 0 Å². The summed E-state index contributed by atoms with van der Waals surface area (Å²) >= 11 is 0. The fourth-order valence-corrected chi connectivity index (χ4v) is 2.72. The van der Waals surface area contributed by atoms with Gasteiger partial charge in [0.25, 0.3) is 0 Å². The number of carbonyl (C=O) groups is 1. The predicted molar refractivity (Wildman–Crippen MR) is 93.5 cm³/mol. The van der Waals surface area contributed by atoms with Crippen molar-refractivity contribution in [3.05, 3.63) is 36.0 Å². The minimum atomic E-state index is -0.232. The van der Waals surface area contributed by atoms with Crippen LogP contribution in [0.5, 0.6) is 0 Å². The average Bonchev–Trinajstić information content (AvgIpc) is 2.87. The van der Waals surface area contributed by atoms with E-state index >= 15 is 0 Å². The summed E-state index contributed by atoms with van der Waals surface area (Å²) in [6.45, 7) is 6.76. The largest absolute Gasteiger partial charge is 0.394 e. The van der Waals surface area contributed by atoms with Crippen LogP contribution in [-0.2, 0) is 6.42 Å². The first-order valence-electron chi connectivity index (χ1n) is 8.09. The fraction of sp³-hybridized carbons (Fsp3) is 0.500. The highest BCUT2D eigenvalue weighted by molar-refractivity contribution is 5.80. The number of hydrogen-bond acceptors (Lipinski definition) is 2. The van der Waals surface area contributed by atoms with Gasteiger partial charge in [-0.2, -0.15) is 0 Å². The minimum Gasteiger partial charge on any atom is -0.394 e. The Morgan fingerprint density at radius 2 is 2.04 bits per heavy atom. The van der Waals surface area contributed by atoms with Crippen LogP contribution in [-0.4, -0.2) is 35.3 Å². The van der Waals surface area contributed by atoms with Gasteiger partial charge in [-0.3, -0.25) is 0 Å². The van der Waals surface area contributed by atoms with Crippen molar-refractivity contribution in [1.82, 2.24) is 15.6 Å². The molecule has 2 rings (SSSR count). The van der Waals surface area contributed by atoms with E-state index in [-0.39, 0.29) is 24.1 Å². The lowest BCUT2D eigenvalue weighted by atomic mass is 9.88. The van der Waals surface area contributed by atoms with E-state index < -0.39 is 0 Å². The van der Waals surface area contributed by atoms with E-state index in [0.29, 0.717) is 6.54 Å². The van der Waals surface area contributed by atoms with E-state index in [4.69, 9.17) is 0 Å². The van der Waals surface area contributed by atoms with Crippen molar-refractivity contribution in [3.8, 4) is 0 Å². The molecule has 23 heavy (non-hydrogen) atoms. The average molecular weight is 317 g/mol. The van der Waals surface area contributed by atoms with E-state index in [9.17, 15) is 9.90 Å². The lowest BCUT2D eigenvalue weighted by molar-refractivity contribution is 0.191. The molecule has 0 saturated heterocycles. The molecule has 1 unspecified atom stereocenters. The normalized spacial score (nSPS) is 13.0. The van der Waals surface area contributed by atoms with Crippen molar-refractivity contribution in [2.75, 3.05) is 13.2 Å². The van der Waals surface area contributed by atoms with Gasteiger partial charge in [-0.05, 0) is 29.4 Å². The van der Waals surface area contributed by atoms with Crippen LogP contribution in [0, 0.1) is 5.41 Å². The maximum atomic E-state index is 11.9. The van der Waals surface area contributed by atoms with Crippen LogP contribution in [0.25, 0.3) is 10.9 Å². The van der Waals surface area contributed by atoms with Crippen LogP contribution in [0.3, 0.4) is 0 Å². The van der Waals surface area contributed by atoms with Crippen LogP contribution < -0.4 is 10.6 Å². The van der Waals surface area contributed by atoms with Crippen molar-refractivity contribution in [2.24, 2.45) is 5.41 Å². The Morgan fingerprint density at radius 1 is 1.30 bits per heavy atom. The summed E-state index contributed by atoms with van der Waals surface area (Å²) in [4.78, 5) is 15.3. The Balaban J connectivity index is 1.77. The standard InChI is InChI=1S/C18H27N3O2/c1-18(2,3)11-15(12-22)21-17(23)19-9-8-14-10-13-6-4-5-7-16(13)20-14/h4-7,10,15,20,22H,8-9,11-12H2,1-3H3,(H2,19,21,23). The van der Waals surface area contributed by atoms with Gasteiger partial charge < -0.3 is 20.7 Å². The van der Waals surface area contributed by atoms with Gasteiger partial charge in [0.15, 0.2) is 0 Å². The number of aliphatic hydroxyl groups is 1. The highest BCUT2D eigenvalue weighted by atomic mass is 16.3. The van der Waals surface area contributed by atoms with Crippen molar-refractivity contribution in [1.29, 1.82) is 0 Å². The van der Waals surface area contributed by atoms with Gasteiger partial charge >= 0.3 is 6.03 Å². The number of para-hydroxylation sites is 1. The van der Waals surface area contributed by atoms with Gasteiger partial charge in [-0.15, -0.1) is 0 Å². The molecule has 5 nitrogen and oxygen atoms in total. The van der Waals surface area contributed by atoms with Crippen LogP contribution in [0.4, 0.5) is 4.79 Å². The first kappa shape index (κ1) is 17.3. The molecule has 2 aromatic rings. The number of urea groups is 1. The number of nitrogens with one attached hydrogen (secondary N) is 3. The van der Waals surface area contributed by atoms with Gasteiger partial charge in [0.2, 0.25) is 0 Å². The zero-order valence-electron chi connectivity index (χ0n) is 14.1. The fourth-order valence-electron chi connectivity index (χ4n) is 2.72. The molecule has 0 aliphatic carbocycles. The van der Waals surface area contributed by atoms with Crippen molar-refractivity contribution < 1.29 is 9.90 Å². The lowest BCUT2D eigenvalue weighted by Gasteiger charge is -2.25. The molecule has 0 bridgehead atoms. The van der Waals surface area contributed by atoms with Gasteiger partial charge in [0.05, 0.1) is 12.6 Å². The molecule has 1 heterocycles. The Kier molecular flexibility index (Phi) is 5.66. The number of benzene rings is 1. The van der Waals surface area contributed by atoms with Crippen LogP contribution >= 0.6 is 0 Å². The summed E-state index contributed by atoms with van der Waals surface area (Å²) in [5.74, 6) is 0. The quantitative estimate of drug-likeness (QED) is 0.661. The molecule has 1 atom stereocenters. The molecule has 1 aromatic heterocycles. The number of aliphatic hydroxyl groups excluding tert-OH is 1. The van der Waals surface area contributed by atoms with E-state index in [1.54, 1.807) is 0 Å². The zero-order valence-corrected chi connectivity index (χ0v) is 14.1. The predicted octanol–water partition coefficient (Wildman–Crippen LogP) is 2.81. The summed E-state index contributed by atoms with van der Waals surface area (Å²) < 4.78 is 0. The second-order valence-electron chi connectivity index (χ2n) is 7.18. The third-order valence-corrected chi connectivity index (χ3v) is 3.68. The monoisotopic (exact) mass is 317 g/mol. The minimum absolute atomic E-state index is 0.0489. The number of rotatable bonds is 6. The van der Waals surface area contributed by atoms with Crippen LogP contribution in [0.1, 0.15) is 32.9 Å². The topological polar surface area (TPSA) is 77.2 Å². The lowest BCUT2D eigenvalue weighted by Crippen LogP contribution is -2.45. The molecule has 0 saturated carbocycles. The van der Waals surface area contributed by atoms with E-state index in [1.165, 1.54) is 5.39 Å². The molecule has 0 aliphatic rings. The third kappa shape index (κ3) is 5.60. The Hall–Kier alpha value is -2.01. The maximum absolute atomic E-state index is 11.9. The summed E-state index contributed by atoms with van der Waals surface area (Å²) in [5.41, 5.74) is 2.27. The summed E-state index contributed by atoms with van der Waals surface area (Å²) in [7, 11) is 0. The number of H-pyrrole nitrogens is 1. The van der Waals surface area contributed by atoms with Crippen molar-refractivity contribution >= 4 is 16.9 Å². The van der Waals surface area contributed by atoms with Crippen LogP contribution in [0.15, 0.2) is 30.3 Å². The second kappa shape index (κ2) is 7.51. The molecule has 0 aliphatic heterocycles.